The highest BCUT2D eigenvalue weighted by Gasteiger charge is 2.19. The zero-order valence-electron chi connectivity index (χ0n) is 13.1. The van der Waals surface area contributed by atoms with E-state index in [0.717, 1.165) is 29.5 Å². The third kappa shape index (κ3) is 8.65. The maximum absolute atomic E-state index is 10.4. The summed E-state index contributed by atoms with van der Waals surface area (Å²) in [7, 11) is 0. The summed E-state index contributed by atoms with van der Waals surface area (Å²) >= 11 is 3.26. The molecule has 1 saturated heterocycles. The number of hydrogen-bond donors (Lipinski definition) is 3. The van der Waals surface area contributed by atoms with Crippen molar-refractivity contribution in [3.8, 4) is 0 Å². The van der Waals surface area contributed by atoms with Crippen LogP contribution in [-0.2, 0) is 16.1 Å². The standard InChI is InChI=1S/C10H11BrN4O2.C4H6O4/c11-9-2-1-8(5-13-9)6-14-4-3-12-10(14)7-15(16)17;5-3(6)1-2-4(7)8/h1-2,5,7,12H,3-4,6H2;1-2H2,(H,5,6)(H,7,8)/b10-7+;. The molecule has 0 amide bonds. The maximum atomic E-state index is 10.4. The van der Waals surface area contributed by atoms with Gasteiger partial charge in [-0.3, -0.25) is 19.7 Å². The van der Waals surface area contributed by atoms with Gasteiger partial charge < -0.3 is 20.4 Å². The molecule has 11 heteroatoms. The topological polar surface area (TPSA) is 146 Å². The van der Waals surface area contributed by atoms with Crippen LogP contribution in [-0.4, -0.2) is 50.0 Å². The van der Waals surface area contributed by atoms with Gasteiger partial charge in [0, 0.05) is 25.8 Å². The van der Waals surface area contributed by atoms with Crippen LogP contribution in [0, 0.1) is 10.1 Å². The molecule has 0 aliphatic carbocycles. The molecule has 10 nitrogen and oxygen atoms in total. The van der Waals surface area contributed by atoms with E-state index in [1.165, 1.54) is 0 Å². The highest BCUT2D eigenvalue weighted by Crippen LogP contribution is 2.14. The van der Waals surface area contributed by atoms with Crippen LogP contribution >= 0.6 is 15.9 Å². The van der Waals surface area contributed by atoms with Crippen molar-refractivity contribution in [1.82, 2.24) is 15.2 Å². The summed E-state index contributed by atoms with van der Waals surface area (Å²) in [6.45, 7) is 2.10. The predicted octanol–water partition coefficient (Wildman–Crippen LogP) is 1.26. The number of aromatic nitrogens is 1. The summed E-state index contributed by atoms with van der Waals surface area (Å²) in [6.07, 6.45) is 2.16. The number of nitrogens with zero attached hydrogens (tertiary/aromatic N) is 3. The third-order valence-electron chi connectivity index (χ3n) is 2.97. The summed E-state index contributed by atoms with van der Waals surface area (Å²) in [5.74, 6) is -1.60. The van der Waals surface area contributed by atoms with Gasteiger partial charge in [0.15, 0.2) is 5.82 Å². The van der Waals surface area contributed by atoms with Gasteiger partial charge in [0.25, 0.3) is 6.20 Å². The highest BCUT2D eigenvalue weighted by molar-refractivity contribution is 9.10. The van der Waals surface area contributed by atoms with Gasteiger partial charge in [-0.15, -0.1) is 0 Å². The van der Waals surface area contributed by atoms with Gasteiger partial charge >= 0.3 is 11.9 Å². The first-order valence-corrected chi connectivity index (χ1v) is 7.95. The first-order chi connectivity index (χ1) is 11.8. The molecule has 1 aliphatic rings. The number of aliphatic carboxylic acids is 2. The van der Waals surface area contributed by atoms with Crippen LogP contribution < -0.4 is 5.32 Å². The SMILES string of the molecule is O=C(O)CCC(=O)O.O=[N+]([O-])/C=C1\NCCN1Cc1ccc(Br)nc1. The second-order valence-corrected chi connectivity index (χ2v) is 5.74. The molecule has 1 fully saturated rings. The molecule has 2 heterocycles. The van der Waals surface area contributed by atoms with Crippen LogP contribution in [0.5, 0.6) is 0 Å². The van der Waals surface area contributed by atoms with Crippen LogP contribution in [0.15, 0.2) is 35.0 Å². The molecular weight excluding hydrogens is 400 g/mol. The fraction of sp³-hybridized carbons (Fsp3) is 0.357. The summed E-state index contributed by atoms with van der Waals surface area (Å²) < 4.78 is 0.779. The zero-order chi connectivity index (χ0) is 18.8. The van der Waals surface area contributed by atoms with Crippen molar-refractivity contribution >= 4 is 27.9 Å². The Bertz CT molecular complexity index is 635. The molecule has 0 bridgehead atoms. The van der Waals surface area contributed by atoms with Gasteiger partial charge in [0.2, 0.25) is 0 Å². The number of carboxylic acid groups (broad SMARTS) is 2. The van der Waals surface area contributed by atoms with Crippen molar-refractivity contribution < 1.29 is 24.7 Å². The molecule has 1 aromatic rings. The van der Waals surface area contributed by atoms with E-state index in [1.54, 1.807) is 6.20 Å². The molecule has 136 valence electrons. The number of halogens is 1. The fourth-order valence-corrected chi connectivity index (χ4v) is 2.11. The molecule has 1 aromatic heterocycles. The minimum Gasteiger partial charge on any atom is -0.481 e. The zero-order valence-corrected chi connectivity index (χ0v) is 14.7. The maximum Gasteiger partial charge on any atom is 0.303 e. The summed E-state index contributed by atoms with van der Waals surface area (Å²) in [4.78, 5) is 35.3. The van der Waals surface area contributed by atoms with E-state index in [1.807, 2.05) is 17.0 Å². The second kappa shape index (κ2) is 10.2. The van der Waals surface area contributed by atoms with Crippen molar-refractivity contribution in [3.63, 3.8) is 0 Å². The molecule has 0 saturated carbocycles. The number of hydrogen-bond acceptors (Lipinski definition) is 7. The first kappa shape index (κ1) is 20.4. The van der Waals surface area contributed by atoms with Crippen molar-refractivity contribution in [2.24, 2.45) is 0 Å². The minimum absolute atomic E-state index is 0.296. The van der Waals surface area contributed by atoms with Crippen LogP contribution in [0.2, 0.25) is 0 Å². The van der Waals surface area contributed by atoms with Gasteiger partial charge in [-0.25, -0.2) is 4.98 Å². The van der Waals surface area contributed by atoms with Crippen molar-refractivity contribution in [3.05, 3.63) is 50.6 Å². The number of carboxylic acids is 2. The van der Waals surface area contributed by atoms with Crippen molar-refractivity contribution in [2.75, 3.05) is 13.1 Å². The summed E-state index contributed by atoms with van der Waals surface area (Å²) in [5.41, 5.74) is 1.02. The largest absolute Gasteiger partial charge is 0.481 e. The normalized spacial score (nSPS) is 14.4. The third-order valence-corrected chi connectivity index (χ3v) is 3.44. The Morgan fingerprint density at radius 3 is 2.48 bits per heavy atom. The number of carbonyl (C=O) groups is 2. The minimum atomic E-state index is -1.08. The van der Waals surface area contributed by atoms with E-state index in [4.69, 9.17) is 10.2 Å². The average molecular weight is 417 g/mol. The molecular formula is C14H17BrN4O6. The van der Waals surface area contributed by atoms with E-state index in [9.17, 15) is 19.7 Å². The Balaban J connectivity index is 0.000000333. The molecule has 0 unspecified atom stereocenters. The lowest BCUT2D eigenvalue weighted by Gasteiger charge is -2.16. The number of nitro groups is 1. The van der Waals surface area contributed by atoms with Crippen molar-refractivity contribution in [1.29, 1.82) is 0 Å². The van der Waals surface area contributed by atoms with Crippen LogP contribution in [0.1, 0.15) is 18.4 Å². The molecule has 25 heavy (non-hydrogen) atoms. The van der Waals surface area contributed by atoms with E-state index in [0.29, 0.717) is 12.4 Å². The van der Waals surface area contributed by atoms with Crippen LogP contribution in [0.4, 0.5) is 0 Å². The highest BCUT2D eigenvalue weighted by atomic mass is 79.9. The van der Waals surface area contributed by atoms with Gasteiger partial charge in [-0.1, -0.05) is 6.07 Å². The smallest absolute Gasteiger partial charge is 0.303 e. The number of nitrogens with one attached hydrogen (secondary N) is 1. The van der Waals surface area contributed by atoms with E-state index < -0.39 is 16.9 Å². The van der Waals surface area contributed by atoms with Crippen LogP contribution in [0.3, 0.4) is 0 Å². The molecule has 2 rings (SSSR count). The van der Waals surface area contributed by atoms with Crippen molar-refractivity contribution in [2.45, 2.75) is 19.4 Å². The van der Waals surface area contributed by atoms with Crippen LogP contribution in [0.25, 0.3) is 0 Å². The first-order valence-electron chi connectivity index (χ1n) is 7.16. The Morgan fingerprint density at radius 1 is 1.36 bits per heavy atom. The molecule has 1 aliphatic heterocycles. The Labute approximate surface area is 151 Å². The number of pyridine rings is 1. The lowest BCUT2D eigenvalue weighted by molar-refractivity contribution is -0.404. The predicted molar refractivity (Wildman–Crippen MR) is 89.9 cm³/mol. The summed E-state index contributed by atoms with van der Waals surface area (Å²) in [6, 6.07) is 3.80. The molecule has 0 atom stereocenters. The van der Waals surface area contributed by atoms with E-state index in [-0.39, 0.29) is 12.8 Å². The fourth-order valence-electron chi connectivity index (χ4n) is 1.88. The number of rotatable bonds is 6. The van der Waals surface area contributed by atoms with Gasteiger partial charge in [-0.05, 0) is 27.6 Å². The van der Waals surface area contributed by atoms with Gasteiger partial charge in [0.1, 0.15) is 4.60 Å². The van der Waals surface area contributed by atoms with E-state index in [2.05, 4.69) is 26.2 Å². The average Bonchev–Trinajstić information content (AvgIpc) is 2.94. The monoisotopic (exact) mass is 416 g/mol. The molecule has 3 N–H and O–H groups in total. The quantitative estimate of drug-likeness (QED) is 0.354. The van der Waals surface area contributed by atoms with Gasteiger partial charge in [-0.2, -0.15) is 0 Å². The molecule has 0 radical (unpaired) electrons. The van der Waals surface area contributed by atoms with E-state index >= 15 is 0 Å². The Hall–Kier alpha value is -2.69. The van der Waals surface area contributed by atoms with Gasteiger partial charge in [0.05, 0.1) is 17.8 Å². The lowest BCUT2D eigenvalue weighted by Crippen LogP contribution is -2.20. The Kier molecular flexibility index (Phi) is 8.33. The Morgan fingerprint density at radius 2 is 2.00 bits per heavy atom. The molecule has 0 spiro atoms. The second-order valence-electron chi connectivity index (χ2n) is 4.92. The lowest BCUT2D eigenvalue weighted by atomic mass is 10.3. The summed E-state index contributed by atoms with van der Waals surface area (Å²) in [5, 5.41) is 29.2. The molecule has 0 aromatic carbocycles.